The molecule has 0 unspecified atom stereocenters. The van der Waals surface area contributed by atoms with Crippen LogP contribution in [0.25, 0.3) is 0 Å². The second-order valence-corrected chi connectivity index (χ2v) is 4.73. The van der Waals surface area contributed by atoms with E-state index in [0.717, 1.165) is 0 Å². The summed E-state index contributed by atoms with van der Waals surface area (Å²) in [7, 11) is 0. The van der Waals surface area contributed by atoms with E-state index in [-0.39, 0.29) is 5.69 Å². The van der Waals surface area contributed by atoms with Crippen LogP contribution in [-0.4, -0.2) is 5.91 Å². The molecule has 0 heterocycles. The van der Waals surface area contributed by atoms with Gasteiger partial charge in [-0.1, -0.05) is 12.1 Å². The Hall–Kier alpha value is -1.96. The van der Waals surface area contributed by atoms with Gasteiger partial charge in [0.25, 0.3) is 5.91 Å². The molecular weight excluding hydrogens is 361 g/mol. The molecule has 0 aliphatic heterocycles. The lowest BCUT2D eigenvalue weighted by Crippen LogP contribution is -2.19. The van der Waals surface area contributed by atoms with Crippen molar-refractivity contribution in [3.63, 3.8) is 0 Å². The number of para-hydroxylation sites is 1. The van der Waals surface area contributed by atoms with E-state index >= 15 is 0 Å². The Balaban J connectivity index is 2.48. The standard InChI is InChI=1S/C13H5BrF5NO/c14-5-3-1-2-4-6(5)20-13(21)7-8(15)10(17)12(19)11(18)9(7)16/h1-4H,(H,20,21). The van der Waals surface area contributed by atoms with E-state index in [9.17, 15) is 26.7 Å². The Morgan fingerprint density at radius 2 is 1.33 bits per heavy atom. The largest absolute Gasteiger partial charge is 0.321 e. The first kappa shape index (κ1) is 15.4. The molecule has 0 saturated heterocycles. The van der Waals surface area contributed by atoms with E-state index in [1.54, 1.807) is 6.07 Å². The van der Waals surface area contributed by atoms with Gasteiger partial charge in [-0.25, -0.2) is 22.0 Å². The lowest BCUT2D eigenvalue weighted by molar-refractivity contribution is 0.101. The molecule has 0 aliphatic rings. The van der Waals surface area contributed by atoms with Crippen LogP contribution in [0.1, 0.15) is 10.4 Å². The van der Waals surface area contributed by atoms with Crippen LogP contribution in [-0.2, 0) is 0 Å². The number of hydrogen-bond donors (Lipinski definition) is 1. The second kappa shape index (κ2) is 5.80. The number of carbonyl (C=O) groups excluding carboxylic acids is 1. The van der Waals surface area contributed by atoms with E-state index in [1.165, 1.54) is 18.2 Å². The van der Waals surface area contributed by atoms with E-state index in [0.29, 0.717) is 4.47 Å². The van der Waals surface area contributed by atoms with Gasteiger partial charge in [0, 0.05) is 4.47 Å². The third-order valence-electron chi connectivity index (χ3n) is 2.56. The molecular formula is C13H5BrF5NO. The Morgan fingerprint density at radius 3 is 1.86 bits per heavy atom. The molecule has 0 fully saturated rings. The van der Waals surface area contributed by atoms with Crippen LogP contribution in [0.15, 0.2) is 28.7 Å². The number of carbonyl (C=O) groups is 1. The van der Waals surface area contributed by atoms with Crippen molar-refractivity contribution >= 4 is 27.5 Å². The first-order valence-corrected chi connectivity index (χ1v) is 6.21. The number of rotatable bonds is 2. The van der Waals surface area contributed by atoms with Crippen LogP contribution >= 0.6 is 15.9 Å². The van der Waals surface area contributed by atoms with Crippen LogP contribution in [0.3, 0.4) is 0 Å². The van der Waals surface area contributed by atoms with Crippen LogP contribution in [0.4, 0.5) is 27.6 Å². The summed E-state index contributed by atoms with van der Waals surface area (Å²) in [6, 6.07) is 6.03. The third kappa shape index (κ3) is 2.76. The molecule has 2 rings (SSSR count). The van der Waals surface area contributed by atoms with Crippen molar-refractivity contribution in [3.05, 3.63) is 63.4 Å². The molecule has 0 spiro atoms. The quantitative estimate of drug-likeness (QED) is 0.477. The lowest BCUT2D eigenvalue weighted by atomic mass is 10.1. The summed E-state index contributed by atoms with van der Waals surface area (Å²) in [5.41, 5.74) is -1.42. The Labute approximate surface area is 123 Å². The Kier molecular flexibility index (Phi) is 4.26. The fourth-order valence-corrected chi connectivity index (χ4v) is 1.94. The minimum Gasteiger partial charge on any atom is -0.321 e. The zero-order valence-corrected chi connectivity index (χ0v) is 11.6. The molecule has 0 aliphatic carbocycles. The molecule has 8 heteroatoms. The molecule has 0 atom stereocenters. The van der Waals surface area contributed by atoms with Gasteiger partial charge in [-0.2, -0.15) is 0 Å². The van der Waals surface area contributed by atoms with Crippen molar-refractivity contribution in [3.8, 4) is 0 Å². The first-order valence-electron chi connectivity index (χ1n) is 5.42. The molecule has 0 bridgehead atoms. The second-order valence-electron chi connectivity index (χ2n) is 3.88. The van der Waals surface area contributed by atoms with E-state index < -0.39 is 40.6 Å². The smallest absolute Gasteiger partial charge is 0.261 e. The molecule has 2 aromatic rings. The van der Waals surface area contributed by atoms with E-state index in [1.807, 2.05) is 0 Å². The number of anilines is 1. The SMILES string of the molecule is O=C(Nc1ccccc1Br)c1c(F)c(F)c(F)c(F)c1F. The highest BCUT2D eigenvalue weighted by Crippen LogP contribution is 2.26. The highest BCUT2D eigenvalue weighted by Gasteiger charge is 2.29. The molecule has 2 aromatic carbocycles. The van der Waals surface area contributed by atoms with Crippen LogP contribution in [0.5, 0.6) is 0 Å². The zero-order chi connectivity index (χ0) is 15.7. The average molecular weight is 366 g/mol. The van der Waals surface area contributed by atoms with E-state index in [2.05, 4.69) is 21.2 Å². The molecule has 0 saturated carbocycles. The monoisotopic (exact) mass is 365 g/mol. The minimum atomic E-state index is -2.32. The predicted octanol–water partition coefficient (Wildman–Crippen LogP) is 4.40. The first-order chi connectivity index (χ1) is 9.84. The molecule has 2 nitrogen and oxygen atoms in total. The normalized spacial score (nSPS) is 10.6. The van der Waals surface area contributed by atoms with Crippen molar-refractivity contribution in [1.29, 1.82) is 0 Å². The fraction of sp³-hybridized carbons (Fsp3) is 0. The Morgan fingerprint density at radius 1 is 0.857 bits per heavy atom. The van der Waals surface area contributed by atoms with Gasteiger partial charge >= 0.3 is 0 Å². The number of amides is 1. The van der Waals surface area contributed by atoms with Gasteiger partial charge in [0.1, 0.15) is 5.56 Å². The van der Waals surface area contributed by atoms with Crippen molar-refractivity contribution < 1.29 is 26.7 Å². The van der Waals surface area contributed by atoms with Gasteiger partial charge in [-0.05, 0) is 28.1 Å². The summed E-state index contributed by atoms with van der Waals surface area (Å²) in [6.07, 6.45) is 0. The average Bonchev–Trinajstić information content (AvgIpc) is 2.46. The summed E-state index contributed by atoms with van der Waals surface area (Å²) in [6.45, 7) is 0. The van der Waals surface area contributed by atoms with Gasteiger partial charge in [-0.15, -0.1) is 0 Å². The third-order valence-corrected chi connectivity index (χ3v) is 3.25. The van der Waals surface area contributed by atoms with Gasteiger partial charge < -0.3 is 5.32 Å². The van der Waals surface area contributed by atoms with Gasteiger partial charge in [-0.3, -0.25) is 4.79 Å². The molecule has 21 heavy (non-hydrogen) atoms. The molecule has 0 aromatic heterocycles. The summed E-state index contributed by atoms with van der Waals surface area (Å²) >= 11 is 3.06. The van der Waals surface area contributed by atoms with Gasteiger partial charge in [0.05, 0.1) is 5.69 Å². The predicted molar refractivity (Wildman–Crippen MR) is 68.3 cm³/mol. The van der Waals surface area contributed by atoms with Crippen LogP contribution < -0.4 is 5.32 Å². The molecule has 1 N–H and O–H groups in total. The maximum Gasteiger partial charge on any atom is 0.261 e. The van der Waals surface area contributed by atoms with Gasteiger partial charge in [0.2, 0.25) is 5.82 Å². The van der Waals surface area contributed by atoms with Crippen molar-refractivity contribution in [2.75, 3.05) is 5.32 Å². The summed E-state index contributed by atoms with van der Waals surface area (Å²) in [5, 5.41) is 2.06. The number of nitrogens with one attached hydrogen (secondary N) is 1. The van der Waals surface area contributed by atoms with Crippen LogP contribution in [0, 0.1) is 29.1 Å². The molecule has 1 amide bonds. The zero-order valence-electron chi connectivity index (χ0n) is 9.99. The maximum atomic E-state index is 13.5. The fourth-order valence-electron chi connectivity index (χ4n) is 1.55. The van der Waals surface area contributed by atoms with Gasteiger partial charge in [0.15, 0.2) is 23.3 Å². The topological polar surface area (TPSA) is 29.1 Å². The van der Waals surface area contributed by atoms with Crippen molar-refractivity contribution in [2.24, 2.45) is 0 Å². The van der Waals surface area contributed by atoms with Crippen molar-refractivity contribution in [2.45, 2.75) is 0 Å². The summed E-state index contributed by atoms with van der Waals surface area (Å²) in [4.78, 5) is 11.8. The number of halogens is 6. The van der Waals surface area contributed by atoms with Crippen molar-refractivity contribution in [1.82, 2.24) is 0 Å². The lowest BCUT2D eigenvalue weighted by Gasteiger charge is -2.10. The number of hydrogen-bond acceptors (Lipinski definition) is 1. The minimum absolute atomic E-state index is 0.117. The highest BCUT2D eigenvalue weighted by atomic mass is 79.9. The molecule has 110 valence electrons. The highest BCUT2D eigenvalue weighted by molar-refractivity contribution is 9.10. The Bertz CT molecular complexity index is 706. The maximum absolute atomic E-state index is 13.5. The van der Waals surface area contributed by atoms with E-state index in [4.69, 9.17) is 0 Å². The van der Waals surface area contributed by atoms with Crippen LogP contribution in [0.2, 0.25) is 0 Å². The summed E-state index contributed by atoms with van der Waals surface area (Å²) < 4.78 is 66.2. The number of benzene rings is 2. The molecule has 0 radical (unpaired) electrons. The summed E-state index contributed by atoms with van der Waals surface area (Å²) in [5.74, 6) is -12.5.